The van der Waals surface area contributed by atoms with Crippen molar-refractivity contribution in [1.82, 2.24) is 0 Å². The molecule has 1 rings (SSSR count). The third-order valence-electron chi connectivity index (χ3n) is 3.03. The number of hydrogen-bond donors (Lipinski definition) is 1. The van der Waals surface area contributed by atoms with Gasteiger partial charge in [0.2, 0.25) is 6.29 Å². The number of carbonyl (C=O) groups is 4. The number of esters is 4. The van der Waals surface area contributed by atoms with Crippen molar-refractivity contribution in [3.8, 4) is 0 Å². The highest BCUT2D eigenvalue weighted by molar-refractivity contribution is 5.85. The summed E-state index contributed by atoms with van der Waals surface area (Å²) >= 11 is 0. The smallest absolute Gasteiger partial charge is 0.304 e. The Labute approximate surface area is 150 Å². The van der Waals surface area contributed by atoms with Gasteiger partial charge in [0.1, 0.15) is 18.8 Å². The van der Waals surface area contributed by atoms with Gasteiger partial charge in [-0.25, -0.2) is 0 Å². The average molecular weight is 384 g/mol. The first-order valence-electron chi connectivity index (χ1n) is 7.18. The van der Waals surface area contributed by atoms with Crippen LogP contribution < -0.4 is 5.73 Å². The molecule has 0 radical (unpaired) electrons. The van der Waals surface area contributed by atoms with E-state index in [4.69, 9.17) is 29.4 Å². The van der Waals surface area contributed by atoms with Crippen LogP contribution in [-0.4, -0.2) is 61.1 Å². The largest absolute Gasteiger partial charge is 0.463 e. The van der Waals surface area contributed by atoms with E-state index in [1.807, 2.05) is 0 Å². The van der Waals surface area contributed by atoms with Crippen LogP contribution in [0.25, 0.3) is 0 Å². The number of ether oxygens (including phenoxy) is 5. The van der Waals surface area contributed by atoms with Crippen LogP contribution in [0.15, 0.2) is 0 Å². The summed E-state index contributed by atoms with van der Waals surface area (Å²) in [5, 5.41) is 0. The molecule has 1 fully saturated rings. The lowest BCUT2D eigenvalue weighted by Crippen LogP contribution is -2.65. The maximum atomic E-state index is 11.3. The molecule has 0 saturated carbocycles. The summed E-state index contributed by atoms with van der Waals surface area (Å²) in [5.74, 6) is -2.62. The fourth-order valence-corrected chi connectivity index (χ4v) is 2.20. The van der Waals surface area contributed by atoms with Gasteiger partial charge < -0.3 is 29.4 Å². The Morgan fingerprint density at radius 3 is 1.76 bits per heavy atom. The van der Waals surface area contributed by atoms with Crippen LogP contribution in [0, 0.1) is 0 Å². The Kier molecular flexibility index (Phi) is 9.39. The first-order chi connectivity index (χ1) is 11.1. The van der Waals surface area contributed by atoms with Crippen molar-refractivity contribution in [3.63, 3.8) is 0 Å². The molecule has 5 atom stereocenters. The maximum absolute atomic E-state index is 11.3. The lowest BCUT2D eigenvalue weighted by Gasteiger charge is -2.42. The van der Waals surface area contributed by atoms with Gasteiger partial charge in [-0.05, 0) is 0 Å². The Hall–Kier alpha value is -1.91. The molecule has 0 aromatic rings. The van der Waals surface area contributed by atoms with Crippen molar-refractivity contribution in [3.05, 3.63) is 0 Å². The van der Waals surface area contributed by atoms with E-state index in [0.29, 0.717) is 0 Å². The van der Waals surface area contributed by atoms with Crippen LogP contribution in [-0.2, 0) is 42.9 Å². The summed E-state index contributed by atoms with van der Waals surface area (Å²) in [4.78, 5) is 44.9. The molecule has 0 amide bonds. The minimum atomic E-state index is -1.26. The molecular weight excluding hydrogens is 362 g/mol. The van der Waals surface area contributed by atoms with Crippen LogP contribution in [0.5, 0.6) is 0 Å². The highest BCUT2D eigenvalue weighted by Crippen LogP contribution is 2.26. The molecule has 1 aliphatic heterocycles. The van der Waals surface area contributed by atoms with Crippen LogP contribution in [0.3, 0.4) is 0 Å². The molecule has 144 valence electrons. The van der Waals surface area contributed by atoms with Gasteiger partial charge in [-0.1, -0.05) is 0 Å². The lowest BCUT2D eigenvalue weighted by molar-refractivity contribution is -0.267. The fourth-order valence-electron chi connectivity index (χ4n) is 2.20. The van der Waals surface area contributed by atoms with E-state index < -0.39 is 54.5 Å². The SMILES string of the molecule is CC(=O)OC[C@H]1O[C@@H](OC(C)=O)[C@H](N)[C@@H](OC(C)=O)[C@H]1OC(C)=O.Cl. The van der Waals surface area contributed by atoms with Gasteiger partial charge in [0, 0.05) is 27.7 Å². The van der Waals surface area contributed by atoms with Crippen LogP contribution in [0.1, 0.15) is 27.7 Å². The summed E-state index contributed by atoms with van der Waals surface area (Å²) in [7, 11) is 0. The standard InChI is InChI=1S/C14H21NO9.ClH/c1-6(16)20-5-10-12(21-7(2)17)13(22-8(3)18)11(15)14(24-10)23-9(4)19;/h10-14H,5,15H2,1-4H3;1H/t10-,11-,12+,13-,14-;/m1./s1. The Morgan fingerprint density at radius 2 is 1.32 bits per heavy atom. The Bertz CT molecular complexity index is 497. The Balaban J connectivity index is 0.00000576. The van der Waals surface area contributed by atoms with Gasteiger partial charge >= 0.3 is 23.9 Å². The molecule has 0 aliphatic carbocycles. The van der Waals surface area contributed by atoms with E-state index in [1.165, 1.54) is 6.92 Å². The summed E-state index contributed by atoms with van der Waals surface area (Å²) in [5.41, 5.74) is 5.93. The molecule has 0 unspecified atom stereocenters. The third-order valence-corrected chi connectivity index (χ3v) is 3.03. The van der Waals surface area contributed by atoms with Crippen molar-refractivity contribution in [2.24, 2.45) is 5.73 Å². The molecule has 0 aromatic carbocycles. The van der Waals surface area contributed by atoms with Gasteiger partial charge in [-0.15, -0.1) is 12.4 Å². The van der Waals surface area contributed by atoms with E-state index >= 15 is 0 Å². The average Bonchev–Trinajstić information content (AvgIpc) is 2.42. The maximum Gasteiger partial charge on any atom is 0.304 e. The van der Waals surface area contributed by atoms with E-state index in [9.17, 15) is 19.2 Å². The van der Waals surface area contributed by atoms with E-state index in [0.717, 1.165) is 20.8 Å². The van der Waals surface area contributed by atoms with Gasteiger partial charge in [-0.3, -0.25) is 19.2 Å². The molecular formula is C14H22ClNO9. The molecule has 1 aliphatic rings. The normalized spacial score (nSPS) is 28.1. The van der Waals surface area contributed by atoms with Gasteiger partial charge in [-0.2, -0.15) is 0 Å². The van der Waals surface area contributed by atoms with Crippen LogP contribution in [0.2, 0.25) is 0 Å². The van der Waals surface area contributed by atoms with Crippen molar-refractivity contribution in [2.45, 2.75) is 58.3 Å². The third kappa shape index (κ3) is 7.24. The van der Waals surface area contributed by atoms with E-state index in [-0.39, 0.29) is 19.0 Å². The highest BCUT2D eigenvalue weighted by atomic mass is 35.5. The fraction of sp³-hybridized carbons (Fsp3) is 0.714. The molecule has 11 heteroatoms. The summed E-state index contributed by atoms with van der Waals surface area (Å²) in [6.45, 7) is 4.32. The molecule has 1 heterocycles. The first-order valence-corrected chi connectivity index (χ1v) is 7.18. The number of carbonyl (C=O) groups excluding carboxylic acids is 4. The minimum Gasteiger partial charge on any atom is -0.463 e. The summed E-state index contributed by atoms with van der Waals surface area (Å²) < 4.78 is 25.5. The first kappa shape index (κ1) is 23.1. The second-order valence-electron chi connectivity index (χ2n) is 5.18. The zero-order chi connectivity index (χ0) is 18.4. The molecule has 0 spiro atoms. The van der Waals surface area contributed by atoms with Crippen molar-refractivity contribution in [2.75, 3.05) is 6.61 Å². The molecule has 1 saturated heterocycles. The van der Waals surface area contributed by atoms with E-state index in [1.54, 1.807) is 0 Å². The monoisotopic (exact) mass is 383 g/mol. The second-order valence-corrected chi connectivity index (χ2v) is 5.18. The Morgan fingerprint density at radius 1 is 0.840 bits per heavy atom. The lowest BCUT2D eigenvalue weighted by atomic mass is 9.97. The molecule has 0 aromatic heterocycles. The van der Waals surface area contributed by atoms with Gasteiger partial charge in [0.05, 0.1) is 0 Å². The van der Waals surface area contributed by atoms with E-state index in [2.05, 4.69) is 0 Å². The second kappa shape index (κ2) is 10.2. The number of rotatable bonds is 5. The van der Waals surface area contributed by atoms with Crippen molar-refractivity contribution < 1.29 is 42.9 Å². The zero-order valence-corrected chi connectivity index (χ0v) is 15.1. The molecule has 2 N–H and O–H groups in total. The number of halogens is 1. The van der Waals surface area contributed by atoms with Crippen molar-refractivity contribution >= 4 is 36.3 Å². The molecule has 0 bridgehead atoms. The van der Waals surface area contributed by atoms with Crippen LogP contribution >= 0.6 is 12.4 Å². The van der Waals surface area contributed by atoms with Crippen molar-refractivity contribution in [1.29, 1.82) is 0 Å². The topological polar surface area (TPSA) is 140 Å². The zero-order valence-electron chi connectivity index (χ0n) is 14.3. The van der Waals surface area contributed by atoms with Gasteiger partial charge in [0.15, 0.2) is 12.2 Å². The minimum absolute atomic E-state index is 0. The number of hydrogen-bond acceptors (Lipinski definition) is 10. The molecule has 10 nitrogen and oxygen atoms in total. The molecule has 25 heavy (non-hydrogen) atoms. The number of nitrogens with two attached hydrogens (primary N) is 1. The van der Waals surface area contributed by atoms with Gasteiger partial charge in [0.25, 0.3) is 0 Å². The predicted molar refractivity (Wildman–Crippen MR) is 83.4 cm³/mol. The summed E-state index contributed by atoms with van der Waals surface area (Å²) in [6.07, 6.45) is -4.58. The predicted octanol–water partition coefficient (Wildman–Crippen LogP) is -0.550. The van der Waals surface area contributed by atoms with Crippen LogP contribution in [0.4, 0.5) is 0 Å². The highest BCUT2D eigenvalue weighted by Gasteiger charge is 2.50. The summed E-state index contributed by atoms with van der Waals surface area (Å²) in [6, 6.07) is -1.10. The quantitative estimate of drug-likeness (QED) is 0.485.